The van der Waals surface area contributed by atoms with Crippen molar-refractivity contribution in [2.45, 2.75) is 45.8 Å². The Kier molecular flexibility index (Phi) is 10.1. The first kappa shape index (κ1) is 28.5. The summed E-state index contributed by atoms with van der Waals surface area (Å²) >= 11 is 6.33. The lowest BCUT2D eigenvalue weighted by Crippen LogP contribution is -2.54. The number of hydrogen-bond acceptors (Lipinski definition) is 4. The average Bonchev–Trinajstić information content (AvgIpc) is 2.78. The van der Waals surface area contributed by atoms with E-state index in [-0.39, 0.29) is 24.2 Å². The molecule has 1 N–H and O–H groups in total. The van der Waals surface area contributed by atoms with Crippen LogP contribution in [0.1, 0.15) is 32.8 Å². The van der Waals surface area contributed by atoms with Crippen LogP contribution in [0.15, 0.2) is 48.5 Å². The Hall–Kier alpha value is -2.69. The number of carbonyl (C=O) groups is 2. The molecule has 0 aromatic heterocycles. The molecule has 0 fully saturated rings. The highest BCUT2D eigenvalue weighted by Crippen LogP contribution is 2.23. The van der Waals surface area contributed by atoms with Gasteiger partial charge in [0.2, 0.25) is 11.8 Å². The molecule has 0 radical (unpaired) electrons. The van der Waals surface area contributed by atoms with Gasteiger partial charge in [-0.25, -0.2) is 8.70 Å². The number of nitrogens with one attached hydrogen (secondary N) is 1. The van der Waals surface area contributed by atoms with E-state index in [0.29, 0.717) is 17.0 Å². The topological polar surface area (TPSA) is 90.0 Å². The van der Waals surface area contributed by atoms with Crippen molar-refractivity contribution in [1.82, 2.24) is 14.5 Å². The van der Waals surface area contributed by atoms with Crippen molar-refractivity contribution in [3.8, 4) is 0 Å². The predicted octanol–water partition coefficient (Wildman–Crippen LogP) is 3.42. The van der Waals surface area contributed by atoms with Gasteiger partial charge in [-0.2, -0.15) is 12.7 Å². The van der Waals surface area contributed by atoms with E-state index in [1.165, 1.54) is 31.1 Å². The molecule has 2 amide bonds. The third-order valence-electron chi connectivity index (χ3n) is 5.25. The van der Waals surface area contributed by atoms with Gasteiger partial charge in [-0.05, 0) is 56.2 Å². The number of rotatable bonds is 11. The molecule has 1 unspecified atom stereocenters. The van der Waals surface area contributed by atoms with E-state index in [1.807, 2.05) is 13.8 Å². The largest absolute Gasteiger partial charge is 0.352 e. The van der Waals surface area contributed by atoms with Crippen molar-refractivity contribution in [2.24, 2.45) is 0 Å². The highest BCUT2D eigenvalue weighted by atomic mass is 35.5. The van der Waals surface area contributed by atoms with Crippen LogP contribution in [0.25, 0.3) is 0 Å². The minimum atomic E-state index is -4.12. The van der Waals surface area contributed by atoms with Gasteiger partial charge >= 0.3 is 10.2 Å². The lowest BCUT2D eigenvalue weighted by atomic mass is 10.1. The SMILES string of the molecule is CCC(C(=O)NC(C)C)N(Cc1ccccc1Cl)C(=O)CN(c1ccc(F)cc1)S(=O)(=O)N(C)C. The van der Waals surface area contributed by atoms with E-state index < -0.39 is 34.5 Å². The number of halogens is 2. The molecule has 192 valence electrons. The Labute approximate surface area is 211 Å². The second-order valence-corrected chi connectivity index (χ2v) is 10.9. The van der Waals surface area contributed by atoms with Gasteiger partial charge in [0, 0.05) is 31.7 Å². The molecule has 8 nitrogen and oxygen atoms in total. The molecule has 0 bridgehead atoms. The van der Waals surface area contributed by atoms with Crippen LogP contribution in [0.5, 0.6) is 0 Å². The zero-order valence-corrected chi connectivity index (χ0v) is 22.1. The molecule has 0 aliphatic heterocycles. The molecule has 0 saturated carbocycles. The van der Waals surface area contributed by atoms with Crippen LogP contribution in [0.4, 0.5) is 10.1 Å². The fraction of sp³-hybridized carbons (Fsp3) is 0.417. The Morgan fingerprint density at radius 1 is 1.06 bits per heavy atom. The number of hydrogen-bond donors (Lipinski definition) is 1. The number of carbonyl (C=O) groups excluding carboxylic acids is 2. The summed E-state index contributed by atoms with van der Waals surface area (Å²) in [5.74, 6) is -1.50. The minimum Gasteiger partial charge on any atom is -0.352 e. The predicted molar refractivity (Wildman–Crippen MR) is 136 cm³/mol. The Morgan fingerprint density at radius 2 is 1.66 bits per heavy atom. The van der Waals surface area contributed by atoms with Gasteiger partial charge in [-0.3, -0.25) is 9.59 Å². The van der Waals surface area contributed by atoms with Crippen molar-refractivity contribution in [2.75, 3.05) is 24.9 Å². The van der Waals surface area contributed by atoms with Crippen LogP contribution in [0.2, 0.25) is 5.02 Å². The maximum Gasteiger partial charge on any atom is 0.304 e. The molecule has 11 heteroatoms. The summed E-state index contributed by atoms with van der Waals surface area (Å²) in [5.41, 5.74) is 0.730. The van der Waals surface area contributed by atoms with Gasteiger partial charge in [-0.1, -0.05) is 36.7 Å². The Balaban J connectivity index is 2.51. The molecule has 0 aliphatic carbocycles. The molecule has 0 saturated heterocycles. The molecular formula is C24H32ClFN4O4S. The van der Waals surface area contributed by atoms with E-state index in [0.717, 1.165) is 20.7 Å². The molecule has 1 atom stereocenters. The van der Waals surface area contributed by atoms with Gasteiger partial charge in [0.1, 0.15) is 18.4 Å². The number of anilines is 1. The second-order valence-electron chi connectivity index (χ2n) is 8.47. The van der Waals surface area contributed by atoms with Gasteiger partial charge in [0.25, 0.3) is 0 Å². The highest BCUT2D eigenvalue weighted by molar-refractivity contribution is 7.90. The molecular weight excluding hydrogens is 495 g/mol. The van der Waals surface area contributed by atoms with Gasteiger partial charge < -0.3 is 10.2 Å². The minimum absolute atomic E-state index is 0.00178. The van der Waals surface area contributed by atoms with Crippen molar-refractivity contribution in [1.29, 1.82) is 0 Å². The van der Waals surface area contributed by atoms with Crippen LogP contribution >= 0.6 is 11.6 Å². The van der Waals surface area contributed by atoms with Crippen molar-refractivity contribution in [3.05, 3.63) is 64.9 Å². The number of benzene rings is 2. The Bertz CT molecular complexity index is 1130. The third-order valence-corrected chi connectivity index (χ3v) is 7.44. The fourth-order valence-corrected chi connectivity index (χ4v) is 4.69. The van der Waals surface area contributed by atoms with Crippen LogP contribution in [-0.4, -0.2) is 62.2 Å². The molecule has 35 heavy (non-hydrogen) atoms. The summed E-state index contributed by atoms with van der Waals surface area (Å²) in [5, 5.41) is 3.24. The van der Waals surface area contributed by atoms with E-state index >= 15 is 0 Å². The maximum absolute atomic E-state index is 13.7. The fourth-order valence-electron chi connectivity index (χ4n) is 3.43. The van der Waals surface area contributed by atoms with E-state index in [4.69, 9.17) is 11.6 Å². The lowest BCUT2D eigenvalue weighted by molar-refractivity contribution is -0.140. The molecule has 2 aromatic rings. The van der Waals surface area contributed by atoms with Crippen molar-refractivity contribution >= 4 is 39.3 Å². The highest BCUT2D eigenvalue weighted by Gasteiger charge is 2.34. The van der Waals surface area contributed by atoms with E-state index in [9.17, 15) is 22.4 Å². The summed E-state index contributed by atoms with van der Waals surface area (Å²) in [4.78, 5) is 28.0. The van der Waals surface area contributed by atoms with Crippen LogP contribution in [0, 0.1) is 5.82 Å². The summed E-state index contributed by atoms with van der Waals surface area (Å²) in [6.07, 6.45) is 0.297. The van der Waals surface area contributed by atoms with Gasteiger partial charge in [0.15, 0.2) is 0 Å². The number of nitrogens with zero attached hydrogens (tertiary/aromatic N) is 3. The molecule has 2 rings (SSSR count). The smallest absolute Gasteiger partial charge is 0.304 e. The standard InChI is InChI=1S/C24H32ClFN4O4S/c1-6-22(24(32)27-17(2)3)29(15-18-9-7-8-10-21(18)25)23(31)16-30(35(33,34)28(4)5)20-13-11-19(26)12-14-20/h7-14,17,22H,6,15-16H2,1-5H3,(H,27,32). The normalized spacial score (nSPS) is 12.5. The zero-order chi connectivity index (χ0) is 26.3. The van der Waals surface area contributed by atoms with E-state index in [1.54, 1.807) is 31.2 Å². The summed E-state index contributed by atoms with van der Waals surface area (Å²) in [6.45, 7) is 4.80. The van der Waals surface area contributed by atoms with Crippen LogP contribution in [0.3, 0.4) is 0 Å². The van der Waals surface area contributed by atoms with Crippen LogP contribution < -0.4 is 9.62 Å². The average molecular weight is 527 g/mol. The summed E-state index contributed by atoms with van der Waals surface area (Å²) in [7, 11) is -1.44. The lowest BCUT2D eigenvalue weighted by Gasteiger charge is -2.34. The first-order chi connectivity index (χ1) is 16.4. The van der Waals surface area contributed by atoms with Crippen LogP contribution in [-0.2, 0) is 26.3 Å². The van der Waals surface area contributed by atoms with Gasteiger partial charge in [-0.15, -0.1) is 0 Å². The third kappa shape index (κ3) is 7.39. The second kappa shape index (κ2) is 12.3. The quantitative estimate of drug-likeness (QED) is 0.486. The summed E-state index contributed by atoms with van der Waals surface area (Å²) < 4.78 is 41.5. The summed E-state index contributed by atoms with van der Waals surface area (Å²) in [6, 6.07) is 10.7. The first-order valence-corrected chi connectivity index (χ1v) is 12.9. The first-order valence-electron chi connectivity index (χ1n) is 11.2. The molecule has 0 heterocycles. The van der Waals surface area contributed by atoms with E-state index in [2.05, 4.69) is 5.32 Å². The Morgan fingerprint density at radius 3 is 2.17 bits per heavy atom. The molecule has 2 aromatic carbocycles. The molecule has 0 aliphatic rings. The maximum atomic E-state index is 13.7. The van der Waals surface area contributed by atoms with Crippen molar-refractivity contribution in [3.63, 3.8) is 0 Å². The van der Waals surface area contributed by atoms with Gasteiger partial charge in [0.05, 0.1) is 5.69 Å². The zero-order valence-electron chi connectivity index (χ0n) is 20.5. The monoisotopic (exact) mass is 526 g/mol. The molecule has 0 spiro atoms. The number of amides is 2. The van der Waals surface area contributed by atoms with Crippen molar-refractivity contribution < 1.29 is 22.4 Å².